The Labute approximate surface area is 334 Å². The Morgan fingerprint density at radius 1 is 0.603 bits per heavy atom. The molecular formula is C54H38N2O2. The van der Waals surface area contributed by atoms with Crippen molar-refractivity contribution in [3.8, 4) is 11.4 Å². The fourth-order valence-electron chi connectivity index (χ4n) is 10.5. The number of rotatable bonds is 4. The van der Waals surface area contributed by atoms with Gasteiger partial charge in [-0.15, -0.1) is 0 Å². The Balaban J connectivity index is 0.952. The Morgan fingerprint density at radius 2 is 1.36 bits per heavy atom. The van der Waals surface area contributed by atoms with E-state index in [-0.39, 0.29) is 5.92 Å². The summed E-state index contributed by atoms with van der Waals surface area (Å²) in [5.41, 5.74) is 15.5. The van der Waals surface area contributed by atoms with Crippen molar-refractivity contribution in [3.63, 3.8) is 0 Å². The maximum Gasteiger partial charge on any atom is 0.139 e. The number of hydrogen-bond donors (Lipinski definition) is 0. The van der Waals surface area contributed by atoms with Crippen molar-refractivity contribution >= 4 is 84.6 Å². The fraction of sp³-hybridized carbons (Fsp3) is 0.111. The Kier molecular flexibility index (Phi) is 6.77. The SMILES string of the molecule is C1=Cc2c(c3cc(C4=Cc5c(oc6ccc7oc8c(C9C=c%10c(n(-c%11ccccc%11)c%11ccccc%10%11)=CC9)cccc8c7c56)CC4)ccc3n2-c2ccccc2)CC1. The van der Waals surface area contributed by atoms with Gasteiger partial charge in [0, 0.05) is 78.0 Å². The van der Waals surface area contributed by atoms with Crippen LogP contribution in [0.25, 0.3) is 96.0 Å². The van der Waals surface area contributed by atoms with Gasteiger partial charge in [-0.05, 0) is 109 Å². The smallest absolute Gasteiger partial charge is 0.139 e. The first kappa shape index (κ1) is 32.1. The molecule has 0 amide bonds. The van der Waals surface area contributed by atoms with Gasteiger partial charge in [0.05, 0.1) is 11.0 Å². The molecule has 0 aliphatic heterocycles. The summed E-state index contributed by atoms with van der Waals surface area (Å²) in [5.74, 6) is 1.24. The summed E-state index contributed by atoms with van der Waals surface area (Å²) in [6, 6.07) is 48.3. The predicted molar refractivity (Wildman–Crippen MR) is 239 cm³/mol. The maximum absolute atomic E-state index is 6.90. The molecular weight excluding hydrogens is 709 g/mol. The van der Waals surface area contributed by atoms with Gasteiger partial charge >= 0.3 is 0 Å². The third-order valence-corrected chi connectivity index (χ3v) is 13.0. The van der Waals surface area contributed by atoms with Gasteiger partial charge in [-0.25, -0.2) is 0 Å². The lowest BCUT2D eigenvalue weighted by Crippen LogP contribution is -2.31. The number of fused-ring (bicyclic) bond motifs is 13. The molecule has 4 heteroatoms. The number of furan rings is 2. The third kappa shape index (κ3) is 4.57. The molecule has 276 valence electrons. The van der Waals surface area contributed by atoms with Crippen molar-refractivity contribution in [2.75, 3.05) is 0 Å². The van der Waals surface area contributed by atoms with Crippen LogP contribution in [0.2, 0.25) is 0 Å². The number of allylic oxidation sites excluding steroid dienone is 2. The number of aromatic nitrogens is 2. The molecule has 58 heavy (non-hydrogen) atoms. The second-order valence-electron chi connectivity index (χ2n) is 16.2. The maximum atomic E-state index is 6.90. The van der Waals surface area contributed by atoms with Crippen LogP contribution in [0.5, 0.6) is 0 Å². The molecule has 4 aromatic heterocycles. The first-order chi connectivity index (χ1) is 28.8. The van der Waals surface area contributed by atoms with Crippen molar-refractivity contribution in [2.45, 2.75) is 38.0 Å². The van der Waals surface area contributed by atoms with E-state index >= 15 is 0 Å². The van der Waals surface area contributed by atoms with Gasteiger partial charge in [0.1, 0.15) is 22.5 Å². The van der Waals surface area contributed by atoms with E-state index in [4.69, 9.17) is 8.83 Å². The topological polar surface area (TPSA) is 36.1 Å². The zero-order valence-corrected chi connectivity index (χ0v) is 31.9. The highest BCUT2D eigenvalue weighted by atomic mass is 16.3. The molecule has 1 unspecified atom stereocenters. The number of benzene rings is 6. The molecule has 4 heterocycles. The Morgan fingerprint density at radius 3 is 2.22 bits per heavy atom. The monoisotopic (exact) mass is 746 g/mol. The van der Waals surface area contributed by atoms with Crippen molar-refractivity contribution in [2.24, 2.45) is 0 Å². The van der Waals surface area contributed by atoms with Crippen LogP contribution in [0.3, 0.4) is 0 Å². The van der Waals surface area contributed by atoms with Gasteiger partial charge < -0.3 is 18.0 Å². The minimum Gasteiger partial charge on any atom is -0.460 e. The molecule has 0 spiro atoms. The zero-order chi connectivity index (χ0) is 37.9. The molecule has 0 saturated carbocycles. The molecule has 0 fully saturated rings. The molecule has 13 rings (SSSR count). The molecule has 0 bridgehead atoms. The lowest BCUT2D eigenvalue weighted by molar-refractivity contribution is 0.547. The van der Waals surface area contributed by atoms with Gasteiger partial charge in [0.25, 0.3) is 0 Å². The van der Waals surface area contributed by atoms with E-state index < -0.39 is 0 Å². The van der Waals surface area contributed by atoms with E-state index in [0.717, 1.165) is 70.8 Å². The first-order valence-electron chi connectivity index (χ1n) is 20.6. The standard InChI is InChI=1S/C54H38N2O2/c1-3-12-36(13-4-1)55-45-20-9-7-16-39(45)42-30-33(22-25-47(42)55)34-24-27-49-44(31-34)53-50(57-49)28-29-51-52(53)41-19-11-18-38(54(41)58-51)35-23-26-48-43(32-35)40-17-8-10-21-46(40)56(48)37-14-5-2-6-15-37/h1-6,8-15,17-22,25-26,28-32,35H,7,16,23-24,27H2. The predicted octanol–water partition coefficient (Wildman–Crippen LogP) is 12.4. The van der Waals surface area contributed by atoms with Crippen molar-refractivity contribution in [1.29, 1.82) is 0 Å². The molecule has 3 aliphatic rings. The summed E-state index contributed by atoms with van der Waals surface area (Å²) >= 11 is 0. The van der Waals surface area contributed by atoms with Crippen molar-refractivity contribution in [1.82, 2.24) is 9.13 Å². The quantitative estimate of drug-likeness (QED) is 0.180. The highest BCUT2D eigenvalue weighted by Gasteiger charge is 2.26. The minimum absolute atomic E-state index is 0.181. The van der Waals surface area contributed by atoms with Crippen LogP contribution >= 0.6 is 0 Å². The largest absolute Gasteiger partial charge is 0.460 e. The molecule has 6 aromatic carbocycles. The van der Waals surface area contributed by atoms with Gasteiger partial charge in [-0.2, -0.15) is 0 Å². The van der Waals surface area contributed by atoms with E-state index in [0.29, 0.717) is 0 Å². The van der Waals surface area contributed by atoms with Crippen LogP contribution in [0.15, 0.2) is 148 Å². The number of para-hydroxylation sites is 4. The highest BCUT2D eigenvalue weighted by Crippen LogP contribution is 2.45. The van der Waals surface area contributed by atoms with Gasteiger partial charge in [0.15, 0.2) is 0 Å². The average molecular weight is 747 g/mol. The molecule has 4 nitrogen and oxygen atoms in total. The fourth-order valence-corrected chi connectivity index (χ4v) is 10.5. The first-order valence-corrected chi connectivity index (χ1v) is 20.6. The normalized spacial score (nSPS) is 16.1. The van der Waals surface area contributed by atoms with Crippen LogP contribution in [0, 0.1) is 0 Å². The van der Waals surface area contributed by atoms with Crippen LogP contribution in [0.4, 0.5) is 0 Å². The van der Waals surface area contributed by atoms with Gasteiger partial charge in [-0.3, -0.25) is 0 Å². The van der Waals surface area contributed by atoms with E-state index in [2.05, 4.69) is 173 Å². The van der Waals surface area contributed by atoms with Crippen molar-refractivity contribution < 1.29 is 8.83 Å². The summed E-state index contributed by atoms with van der Waals surface area (Å²) in [4.78, 5) is 0. The second-order valence-corrected chi connectivity index (χ2v) is 16.2. The zero-order valence-electron chi connectivity index (χ0n) is 31.9. The van der Waals surface area contributed by atoms with Gasteiger partial charge in [-0.1, -0.05) is 97.1 Å². The lowest BCUT2D eigenvalue weighted by atomic mass is 9.88. The highest BCUT2D eigenvalue weighted by molar-refractivity contribution is 6.21. The van der Waals surface area contributed by atoms with E-state index in [1.54, 1.807) is 0 Å². The number of nitrogens with zero attached hydrogens (tertiary/aromatic N) is 2. The molecule has 0 radical (unpaired) electrons. The van der Waals surface area contributed by atoms with Crippen LogP contribution in [0.1, 0.15) is 58.9 Å². The molecule has 0 saturated heterocycles. The van der Waals surface area contributed by atoms with E-state index in [9.17, 15) is 0 Å². The third-order valence-electron chi connectivity index (χ3n) is 13.0. The molecule has 0 N–H and O–H groups in total. The van der Waals surface area contributed by atoms with Crippen LogP contribution in [-0.2, 0) is 12.8 Å². The van der Waals surface area contributed by atoms with Crippen LogP contribution in [-0.4, -0.2) is 9.13 Å². The van der Waals surface area contributed by atoms with E-state index in [1.165, 1.54) is 77.3 Å². The number of aryl methyl sites for hydroxylation is 2. The minimum atomic E-state index is 0.181. The summed E-state index contributed by atoms with van der Waals surface area (Å²) in [6.07, 6.45) is 16.8. The van der Waals surface area contributed by atoms with Gasteiger partial charge in [0.2, 0.25) is 0 Å². The average Bonchev–Trinajstić information content (AvgIpc) is 4.04. The summed E-state index contributed by atoms with van der Waals surface area (Å²) < 4.78 is 18.4. The molecule has 10 aromatic rings. The lowest BCUT2D eigenvalue weighted by Gasteiger charge is -2.15. The molecule has 3 aliphatic carbocycles. The Hall–Kier alpha value is -7.04. The second kappa shape index (κ2) is 12.2. The Bertz CT molecular complexity index is 3530. The van der Waals surface area contributed by atoms with E-state index in [1.807, 2.05) is 0 Å². The number of hydrogen-bond acceptors (Lipinski definition) is 2. The summed E-state index contributed by atoms with van der Waals surface area (Å²) in [6.45, 7) is 0. The molecule has 1 atom stereocenters. The van der Waals surface area contributed by atoms with Crippen LogP contribution < -0.4 is 10.6 Å². The van der Waals surface area contributed by atoms with Crippen molar-refractivity contribution in [3.05, 3.63) is 184 Å². The summed E-state index contributed by atoms with van der Waals surface area (Å²) in [5, 5.41) is 8.64. The summed E-state index contributed by atoms with van der Waals surface area (Å²) in [7, 11) is 0.